The molecule has 73 heavy (non-hydrogen) atoms. The van der Waals surface area contributed by atoms with Crippen LogP contribution in [0.5, 0.6) is 0 Å². The number of aromatic amines is 1. The molecule has 4 rings (SSSR count). The van der Waals surface area contributed by atoms with E-state index in [9.17, 15) is 71.9 Å². The molecule has 0 amide bonds. The first-order valence-corrected chi connectivity index (χ1v) is 21.0. The molecule has 0 saturated heterocycles. The number of allylic oxidation sites excluding steroid dienone is 1. The van der Waals surface area contributed by atoms with Gasteiger partial charge in [-0.25, -0.2) is 14.6 Å². The molecule has 3 heterocycles. The number of carbonyl (C=O) groups is 4. The van der Waals surface area contributed by atoms with Crippen molar-refractivity contribution in [2.24, 2.45) is 5.73 Å². The van der Waals surface area contributed by atoms with Crippen LogP contribution in [0.3, 0.4) is 0 Å². The molecule has 5 N–H and O–H groups in total. The minimum absolute atomic E-state index is 0. The quantitative estimate of drug-likeness (QED) is 0.0221. The van der Waals surface area contributed by atoms with Gasteiger partial charge in [0.15, 0.2) is 5.78 Å². The number of ketones is 2. The maximum atomic E-state index is 12.8. The van der Waals surface area contributed by atoms with E-state index >= 15 is 0 Å². The number of benzene rings is 1. The van der Waals surface area contributed by atoms with Crippen LogP contribution in [0.4, 0.5) is 58.4 Å². The molecular formula is C43H43F12N6NaO8S3. The SMILES string of the molecule is C=COCC.CCO/C=C/C(=O)C(F)(F)F.CC[O-].Cc1ccc(C#N)c(=S)[nH]1.Cc1ccc2c(N)c(C(=O)Cc3cccc(C(F)(F)F)c3)sc2n1.N#CCC(N)=S.O=C(OC(=O)C(F)(F)F)C(F)(F)F.[Na+]. The third-order valence-electron chi connectivity index (χ3n) is 6.73. The zero-order valence-corrected chi connectivity index (χ0v) is 43.6. The number of halogens is 12. The maximum Gasteiger partial charge on any atom is 1.00 e. The zero-order valence-electron chi connectivity index (χ0n) is 39.1. The second-order valence-electron chi connectivity index (χ2n) is 12.4. The number of nitrogens with zero attached hydrogens (tertiary/aromatic N) is 3. The van der Waals surface area contributed by atoms with E-state index in [2.05, 4.69) is 43.0 Å². The number of nitrogen functional groups attached to an aromatic ring is 1. The average Bonchev–Trinajstić information content (AvgIpc) is 3.59. The number of carbonyl (C=O) groups excluding carboxylic acids is 4. The molecule has 14 nitrogen and oxygen atoms in total. The fourth-order valence-electron chi connectivity index (χ4n) is 3.78. The first-order chi connectivity index (χ1) is 33.1. The van der Waals surface area contributed by atoms with E-state index in [0.717, 1.165) is 36.4 Å². The molecular weight excluding hydrogens is 1080 g/mol. The number of alkyl halides is 12. The zero-order chi connectivity index (χ0) is 56.6. The number of nitriles is 2. The predicted molar refractivity (Wildman–Crippen MR) is 244 cm³/mol. The van der Waals surface area contributed by atoms with Crippen molar-refractivity contribution in [2.45, 2.75) is 72.2 Å². The number of H-pyrrole nitrogens is 1. The van der Waals surface area contributed by atoms with Crippen LogP contribution < -0.4 is 46.1 Å². The van der Waals surface area contributed by atoms with Crippen molar-refractivity contribution in [3.63, 3.8) is 0 Å². The average molecular weight is 1120 g/mol. The van der Waals surface area contributed by atoms with Gasteiger partial charge in [-0.15, -0.1) is 17.9 Å². The van der Waals surface area contributed by atoms with Crippen molar-refractivity contribution >= 4 is 80.2 Å². The molecule has 0 spiro atoms. The van der Waals surface area contributed by atoms with Crippen molar-refractivity contribution < 1.29 is 121 Å². The summed E-state index contributed by atoms with van der Waals surface area (Å²) in [7, 11) is 0. The van der Waals surface area contributed by atoms with Gasteiger partial charge in [0.2, 0.25) is 0 Å². The number of nitrogens with two attached hydrogens (primary N) is 2. The van der Waals surface area contributed by atoms with Gasteiger partial charge in [-0.05, 0) is 63.6 Å². The molecule has 0 bridgehead atoms. The van der Waals surface area contributed by atoms with Crippen molar-refractivity contribution in [1.29, 1.82) is 10.5 Å². The van der Waals surface area contributed by atoms with Gasteiger partial charge >= 0.3 is 66.2 Å². The standard InChI is InChI=1S/C17H13F3N2OS.C7H6N2S.C6H7F3O2.C4F6O3.C4H8O.C3H4N2S.C2H5O.Na/c1-9-5-6-12-14(21)15(24-16(12)22-9)13(23)8-10-3-2-4-11(7-10)17(18,19)20;1-5-2-3-6(4-8)7(10)9-5;1-2-11-4-3-5(10)6(7,8)9;5-3(6,7)1(11)13-2(12)4(8,9)10;1-3-5-4-2;4-2-1-3(5)6;1-2-3;/h2-7H,8,21H2,1H3;2-3H,1H3,(H,9,10);3-4H,2H2,1H3;;3H,1,4H2,2H3;1H2,(H2,5,6);2H2,1H3;/q;;;;;;-1;+1/b;;4-3+;;;;;. The molecule has 4 aromatic rings. The van der Waals surface area contributed by atoms with Crippen LogP contribution in [0, 0.1) is 41.2 Å². The number of Topliss-reactive ketones (excluding diaryl/α,β-unsaturated/α-hetero) is 1. The third-order valence-corrected chi connectivity index (χ3v) is 8.35. The Labute approximate surface area is 445 Å². The van der Waals surface area contributed by atoms with Gasteiger partial charge in [0.25, 0.3) is 5.78 Å². The van der Waals surface area contributed by atoms with Gasteiger partial charge in [-0.2, -0.15) is 63.2 Å². The number of anilines is 1. The molecule has 0 aliphatic carbocycles. The first-order valence-electron chi connectivity index (χ1n) is 19.3. The van der Waals surface area contributed by atoms with Crippen LogP contribution in [-0.4, -0.2) is 76.8 Å². The Hall–Kier alpha value is -5.95. The Morgan fingerprint density at radius 2 is 1.41 bits per heavy atom. The summed E-state index contributed by atoms with van der Waals surface area (Å²) in [5.74, 6) is -8.62. The Balaban J connectivity index is -0.000000418. The Morgan fingerprint density at radius 3 is 1.79 bits per heavy atom. The van der Waals surface area contributed by atoms with E-state index < -0.39 is 48.0 Å². The summed E-state index contributed by atoms with van der Waals surface area (Å²) in [6.07, 6.45) is -17.9. The Kier molecular flexibility index (Phi) is 37.2. The van der Waals surface area contributed by atoms with Crippen LogP contribution in [0.15, 0.2) is 73.7 Å². The second-order valence-corrected chi connectivity index (χ2v) is 14.4. The second kappa shape index (κ2) is 36.9. The first kappa shape index (κ1) is 73.6. The van der Waals surface area contributed by atoms with E-state index in [4.69, 9.17) is 39.3 Å². The summed E-state index contributed by atoms with van der Waals surface area (Å²) in [6, 6.07) is 15.7. The number of nitrogens with one attached hydrogen (secondary N) is 1. The van der Waals surface area contributed by atoms with E-state index in [-0.39, 0.29) is 66.4 Å². The molecule has 0 unspecified atom stereocenters. The van der Waals surface area contributed by atoms with Gasteiger partial charge < -0.3 is 35.8 Å². The van der Waals surface area contributed by atoms with Crippen LogP contribution in [0.2, 0.25) is 0 Å². The molecule has 396 valence electrons. The fraction of sp³-hybridized carbons (Fsp3) is 0.326. The molecule has 0 aliphatic heterocycles. The summed E-state index contributed by atoms with van der Waals surface area (Å²) < 4.78 is 152. The number of ether oxygens (including phenoxy) is 3. The number of thiocarbonyl (C=S) groups is 1. The number of aromatic nitrogens is 2. The van der Waals surface area contributed by atoms with Crippen LogP contribution in [0.1, 0.15) is 64.9 Å². The third kappa shape index (κ3) is 33.4. The van der Waals surface area contributed by atoms with Gasteiger partial charge in [0.05, 0.1) is 64.9 Å². The van der Waals surface area contributed by atoms with Crippen molar-refractivity contribution in [2.75, 3.05) is 25.6 Å². The molecule has 3 aromatic heterocycles. The Morgan fingerprint density at radius 1 is 0.877 bits per heavy atom. The summed E-state index contributed by atoms with van der Waals surface area (Å²) in [4.78, 5) is 50.3. The number of pyridine rings is 2. The van der Waals surface area contributed by atoms with E-state index in [0.29, 0.717) is 42.6 Å². The summed E-state index contributed by atoms with van der Waals surface area (Å²) in [5, 5.41) is 25.9. The summed E-state index contributed by atoms with van der Waals surface area (Å²) >= 11 is 10.4. The number of hydrogen-bond donors (Lipinski definition) is 3. The number of fused-ring (bicyclic) bond motifs is 1. The van der Waals surface area contributed by atoms with E-state index in [1.807, 2.05) is 32.9 Å². The van der Waals surface area contributed by atoms with Crippen LogP contribution in [0.25, 0.3) is 10.2 Å². The summed E-state index contributed by atoms with van der Waals surface area (Å²) in [6.45, 7) is 13.1. The van der Waals surface area contributed by atoms with Crippen molar-refractivity contribution in [3.8, 4) is 12.1 Å². The fourth-order valence-corrected chi connectivity index (χ4v) is 5.19. The minimum Gasteiger partial charge on any atom is -0.855 e. The molecule has 1 aromatic carbocycles. The molecule has 0 saturated carbocycles. The van der Waals surface area contributed by atoms with Crippen LogP contribution in [-0.2, 0) is 41.2 Å². The molecule has 0 aliphatic rings. The van der Waals surface area contributed by atoms with Crippen LogP contribution >= 0.6 is 35.8 Å². The predicted octanol–water partition coefficient (Wildman–Crippen LogP) is 7.13. The number of thiophene rings is 1. The molecule has 0 radical (unpaired) electrons. The molecule has 30 heteroatoms. The van der Waals surface area contributed by atoms with Gasteiger partial charge in [-0.1, -0.05) is 56.1 Å². The molecule has 0 fully saturated rings. The van der Waals surface area contributed by atoms with Gasteiger partial charge in [0, 0.05) is 29.3 Å². The number of aryl methyl sites for hydroxylation is 2. The topological polar surface area (TPSA) is 247 Å². The van der Waals surface area contributed by atoms with Crippen molar-refractivity contribution in [1.82, 2.24) is 9.97 Å². The normalized spacial score (nSPS) is 10.4. The Bertz CT molecular complexity index is 2550. The van der Waals surface area contributed by atoms with Gasteiger partial charge in [0.1, 0.15) is 15.5 Å². The number of rotatable bonds is 9. The van der Waals surface area contributed by atoms with Gasteiger partial charge in [-0.3, -0.25) is 9.59 Å². The monoisotopic (exact) mass is 1120 g/mol. The number of esters is 2. The largest absolute Gasteiger partial charge is 1.00 e. The minimum atomic E-state index is -5.62. The van der Waals surface area contributed by atoms with Crippen molar-refractivity contribution in [3.05, 3.63) is 111 Å². The maximum absolute atomic E-state index is 12.8. The summed E-state index contributed by atoms with van der Waals surface area (Å²) in [5.41, 5.74) is 13.1. The smallest absolute Gasteiger partial charge is 0.855 e. The van der Waals surface area contributed by atoms with E-state index in [1.165, 1.54) is 29.7 Å². The number of hydrogen-bond acceptors (Lipinski definition) is 15. The van der Waals surface area contributed by atoms with E-state index in [1.54, 1.807) is 38.1 Å². The molecule has 0 atom stereocenters.